The Bertz CT molecular complexity index is 1230. The van der Waals surface area contributed by atoms with Crippen LogP contribution in [0.4, 0.5) is 5.13 Å². The summed E-state index contributed by atoms with van der Waals surface area (Å²) in [6.45, 7) is 0.425. The van der Waals surface area contributed by atoms with Crippen molar-refractivity contribution in [3.8, 4) is 11.5 Å². The summed E-state index contributed by atoms with van der Waals surface area (Å²) in [5, 5.41) is 6.41. The minimum Gasteiger partial charge on any atom is -0.497 e. The molecule has 156 valence electrons. The van der Waals surface area contributed by atoms with E-state index in [0.717, 1.165) is 21.5 Å². The van der Waals surface area contributed by atoms with E-state index in [9.17, 15) is 4.79 Å². The fourth-order valence-electron chi connectivity index (χ4n) is 2.86. The predicted octanol–water partition coefficient (Wildman–Crippen LogP) is 5.01. The molecule has 0 aliphatic carbocycles. The van der Waals surface area contributed by atoms with Crippen molar-refractivity contribution in [3.05, 3.63) is 83.9 Å². The summed E-state index contributed by atoms with van der Waals surface area (Å²) in [5.41, 5.74) is 2.32. The van der Waals surface area contributed by atoms with E-state index in [-0.39, 0.29) is 11.0 Å². The number of nitrogens with zero attached hydrogens (tertiary/aromatic N) is 1. The summed E-state index contributed by atoms with van der Waals surface area (Å²) in [5.74, 6) is 1.04. The Morgan fingerprint density at radius 1 is 1.03 bits per heavy atom. The zero-order valence-corrected chi connectivity index (χ0v) is 18.3. The Morgan fingerprint density at radius 3 is 2.68 bits per heavy atom. The van der Waals surface area contributed by atoms with Crippen LogP contribution in [-0.2, 0) is 6.61 Å². The topological polar surface area (TPSA) is 72.5 Å². The Kier molecular flexibility index (Phi) is 6.40. The molecule has 0 fully saturated rings. The van der Waals surface area contributed by atoms with E-state index in [1.165, 1.54) is 11.3 Å². The van der Waals surface area contributed by atoms with Gasteiger partial charge >= 0.3 is 0 Å². The average Bonchev–Trinajstić information content (AvgIpc) is 3.19. The van der Waals surface area contributed by atoms with Crippen molar-refractivity contribution in [1.82, 2.24) is 10.3 Å². The van der Waals surface area contributed by atoms with Crippen LogP contribution in [0.5, 0.6) is 11.5 Å². The predicted molar refractivity (Wildman–Crippen MR) is 127 cm³/mol. The smallest absolute Gasteiger partial charge is 0.257 e. The van der Waals surface area contributed by atoms with Crippen LogP contribution in [0.25, 0.3) is 10.2 Å². The number of fused-ring (bicyclic) bond motifs is 1. The van der Waals surface area contributed by atoms with Gasteiger partial charge in [0.05, 0.1) is 17.3 Å². The molecule has 0 spiro atoms. The van der Waals surface area contributed by atoms with Gasteiger partial charge in [0.2, 0.25) is 0 Å². The number of benzene rings is 3. The molecule has 1 amide bonds. The fourth-order valence-corrected chi connectivity index (χ4v) is 4.01. The molecule has 0 bridgehead atoms. The number of aromatic nitrogens is 1. The number of carbonyl (C=O) groups is 1. The molecule has 0 unspecified atom stereocenters. The Labute approximate surface area is 188 Å². The van der Waals surface area contributed by atoms with Gasteiger partial charge in [0.15, 0.2) is 10.2 Å². The Hall–Kier alpha value is -3.49. The number of anilines is 1. The van der Waals surface area contributed by atoms with Gasteiger partial charge in [-0.2, -0.15) is 0 Å². The van der Waals surface area contributed by atoms with E-state index >= 15 is 0 Å². The zero-order valence-electron chi connectivity index (χ0n) is 16.6. The third-order valence-electron chi connectivity index (χ3n) is 4.39. The number of amides is 1. The molecule has 4 rings (SSSR count). The molecule has 0 saturated heterocycles. The fraction of sp³-hybridized carbons (Fsp3) is 0.0870. The highest BCUT2D eigenvalue weighted by atomic mass is 32.1. The van der Waals surface area contributed by atoms with Gasteiger partial charge in [0.25, 0.3) is 5.91 Å². The first-order chi connectivity index (χ1) is 15.1. The molecule has 31 heavy (non-hydrogen) atoms. The number of ether oxygens (including phenoxy) is 2. The molecule has 0 saturated carbocycles. The highest BCUT2D eigenvalue weighted by Gasteiger charge is 2.11. The van der Waals surface area contributed by atoms with Crippen LogP contribution < -0.4 is 20.1 Å². The maximum Gasteiger partial charge on any atom is 0.257 e. The molecule has 0 aliphatic rings. The van der Waals surface area contributed by atoms with Gasteiger partial charge in [-0.05, 0) is 54.2 Å². The molecule has 6 nitrogen and oxygen atoms in total. The van der Waals surface area contributed by atoms with Crippen LogP contribution in [0.15, 0.2) is 72.8 Å². The Morgan fingerprint density at radius 2 is 1.87 bits per heavy atom. The van der Waals surface area contributed by atoms with Crippen LogP contribution in [-0.4, -0.2) is 23.1 Å². The number of hydrogen-bond donors (Lipinski definition) is 2. The molecule has 0 atom stereocenters. The van der Waals surface area contributed by atoms with Crippen LogP contribution in [0.2, 0.25) is 0 Å². The van der Waals surface area contributed by atoms with E-state index in [1.807, 2.05) is 54.6 Å². The molecule has 2 N–H and O–H groups in total. The summed E-state index contributed by atoms with van der Waals surface area (Å²) in [6.07, 6.45) is 0. The summed E-state index contributed by atoms with van der Waals surface area (Å²) < 4.78 is 12.0. The number of carbonyl (C=O) groups excluding carboxylic acids is 1. The lowest BCUT2D eigenvalue weighted by Crippen LogP contribution is -2.34. The van der Waals surface area contributed by atoms with Gasteiger partial charge in [-0.1, -0.05) is 47.7 Å². The largest absolute Gasteiger partial charge is 0.497 e. The van der Waals surface area contributed by atoms with E-state index < -0.39 is 0 Å². The quantitative estimate of drug-likeness (QED) is 0.403. The second-order valence-corrected chi connectivity index (χ2v) is 8.00. The second kappa shape index (κ2) is 9.55. The highest BCUT2D eigenvalue weighted by molar-refractivity contribution is 7.80. The molecule has 3 aromatic carbocycles. The van der Waals surface area contributed by atoms with Crippen molar-refractivity contribution in [2.45, 2.75) is 6.61 Å². The Balaban J connectivity index is 1.37. The van der Waals surface area contributed by atoms with Gasteiger partial charge in [-0.15, -0.1) is 0 Å². The standard InChI is InChI=1S/C23H19N3O3S2/c1-28-17-10-11-19-20(13-17)31-23(24-19)26-22(30)25-21(27)16-8-5-9-18(12-16)29-14-15-6-3-2-4-7-15/h2-13H,14H2,1H3,(H2,24,25,26,27,30). The SMILES string of the molecule is COc1ccc2nc(NC(=S)NC(=O)c3cccc(OCc4ccccc4)c3)sc2c1. The van der Waals surface area contributed by atoms with Crippen LogP contribution in [0.1, 0.15) is 15.9 Å². The first-order valence-corrected chi connectivity index (χ1v) is 10.7. The first kappa shape index (κ1) is 20.8. The molecular weight excluding hydrogens is 430 g/mol. The van der Waals surface area contributed by atoms with E-state index in [2.05, 4.69) is 15.6 Å². The van der Waals surface area contributed by atoms with Gasteiger partial charge in [0, 0.05) is 5.56 Å². The number of nitrogens with one attached hydrogen (secondary N) is 2. The minimum atomic E-state index is -0.328. The third kappa shape index (κ3) is 5.36. The number of thiocarbonyl (C=S) groups is 1. The van der Waals surface area contributed by atoms with E-state index in [1.54, 1.807) is 25.3 Å². The van der Waals surface area contributed by atoms with Crippen molar-refractivity contribution in [2.24, 2.45) is 0 Å². The maximum absolute atomic E-state index is 12.6. The second-order valence-electron chi connectivity index (χ2n) is 6.56. The normalized spacial score (nSPS) is 10.5. The van der Waals surface area contributed by atoms with Gasteiger partial charge in [-0.3, -0.25) is 10.1 Å². The third-order valence-corrected chi connectivity index (χ3v) is 5.53. The lowest BCUT2D eigenvalue weighted by atomic mass is 10.2. The molecule has 4 aromatic rings. The van der Waals surface area contributed by atoms with Crippen molar-refractivity contribution in [2.75, 3.05) is 12.4 Å². The maximum atomic E-state index is 12.6. The molecular formula is C23H19N3O3S2. The summed E-state index contributed by atoms with van der Waals surface area (Å²) in [4.78, 5) is 17.1. The van der Waals surface area contributed by atoms with E-state index in [4.69, 9.17) is 21.7 Å². The van der Waals surface area contributed by atoms with Crippen molar-refractivity contribution < 1.29 is 14.3 Å². The summed E-state index contributed by atoms with van der Waals surface area (Å²) in [6, 6.07) is 22.4. The summed E-state index contributed by atoms with van der Waals surface area (Å²) in [7, 11) is 1.62. The molecule has 0 radical (unpaired) electrons. The number of thiazole rings is 1. The average molecular weight is 450 g/mol. The molecule has 1 aromatic heterocycles. The molecule has 1 heterocycles. The van der Waals surface area contributed by atoms with Crippen LogP contribution in [0.3, 0.4) is 0 Å². The lowest BCUT2D eigenvalue weighted by molar-refractivity contribution is 0.0977. The molecule has 8 heteroatoms. The minimum absolute atomic E-state index is 0.173. The van der Waals surface area contributed by atoms with Gasteiger partial charge in [-0.25, -0.2) is 4.98 Å². The van der Waals surface area contributed by atoms with Gasteiger partial charge < -0.3 is 14.8 Å². The van der Waals surface area contributed by atoms with Crippen LogP contribution >= 0.6 is 23.6 Å². The zero-order chi connectivity index (χ0) is 21.6. The monoisotopic (exact) mass is 449 g/mol. The summed E-state index contributed by atoms with van der Waals surface area (Å²) >= 11 is 6.71. The number of methoxy groups -OCH3 is 1. The number of rotatable bonds is 6. The highest BCUT2D eigenvalue weighted by Crippen LogP contribution is 2.29. The van der Waals surface area contributed by atoms with E-state index in [0.29, 0.717) is 23.1 Å². The number of hydrogen-bond acceptors (Lipinski definition) is 6. The van der Waals surface area contributed by atoms with Crippen molar-refractivity contribution in [3.63, 3.8) is 0 Å². The lowest BCUT2D eigenvalue weighted by Gasteiger charge is -2.09. The molecule has 0 aliphatic heterocycles. The first-order valence-electron chi connectivity index (χ1n) is 9.44. The van der Waals surface area contributed by atoms with Crippen molar-refractivity contribution >= 4 is 49.9 Å². The van der Waals surface area contributed by atoms with Crippen molar-refractivity contribution in [1.29, 1.82) is 0 Å². The van der Waals surface area contributed by atoms with Gasteiger partial charge in [0.1, 0.15) is 18.1 Å². The van der Waals surface area contributed by atoms with Crippen LogP contribution in [0, 0.1) is 0 Å².